The molecule has 0 aliphatic rings. The summed E-state index contributed by atoms with van der Waals surface area (Å²) in [5.74, 6) is 0.435. The molecule has 0 radical (unpaired) electrons. The summed E-state index contributed by atoms with van der Waals surface area (Å²) in [5, 5.41) is 3.62. The lowest BCUT2D eigenvalue weighted by Crippen LogP contribution is -2.22. The molecular weight excluding hydrogens is 238 g/mol. The van der Waals surface area contributed by atoms with Gasteiger partial charge in [-0.1, -0.05) is 0 Å². The normalized spacial score (nSPS) is 10.1. The van der Waals surface area contributed by atoms with E-state index in [1.165, 1.54) is 11.3 Å². The van der Waals surface area contributed by atoms with Crippen LogP contribution in [0.1, 0.15) is 23.5 Å². The summed E-state index contributed by atoms with van der Waals surface area (Å²) < 4.78 is 5.27. The standard InChI is InChI=1S/C11H19N3O2S/c1-5-13-10(15)9-7(12)8(16-4)11(17-9)14(3)6-2/h5-6,12H2,1-4H3,(H,13,15). The first-order chi connectivity index (χ1) is 8.06. The van der Waals surface area contributed by atoms with Gasteiger partial charge in [-0.15, -0.1) is 11.3 Å². The molecule has 0 aliphatic heterocycles. The van der Waals surface area contributed by atoms with Crippen LogP contribution in [-0.4, -0.2) is 33.2 Å². The van der Waals surface area contributed by atoms with Crippen LogP contribution >= 0.6 is 11.3 Å². The van der Waals surface area contributed by atoms with E-state index in [1.807, 2.05) is 25.8 Å². The fraction of sp³-hybridized carbons (Fsp3) is 0.545. The number of rotatable bonds is 5. The number of ether oxygens (including phenoxy) is 1. The summed E-state index contributed by atoms with van der Waals surface area (Å²) in [6, 6.07) is 0. The molecule has 6 heteroatoms. The molecule has 17 heavy (non-hydrogen) atoms. The highest BCUT2D eigenvalue weighted by Gasteiger charge is 2.22. The summed E-state index contributed by atoms with van der Waals surface area (Å²) in [4.78, 5) is 14.3. The Morgan fingerprint density at radius 2 is 2.18 bits per heavy atom. The second-order valence-corrected chi connectivity index (χ2v) is 4.56. The quantitative estimate of drug-likeness (QED) is 0.839. The van der Waals surface area contributed by atoms with Gasteiger partial charge < -0.3 is 20.7 Å². The zero-order valence-electron chi connectivity index (χ0n) is 10.7. The lowest BCUT2D eigenvalue weighted by atomic mass is 10.3. The van der Waals surface area contributed by atoms with Gasteiger partial charge >= 0.3 is 0 Å². The molecule has 0 atom stereocenters. The van der Waals surface area contributed by atoms with Crippen molar-refractivity contribution in [3.05, 3.63) is 4.88 Å². The van der Waals surface area contributed by atoms with Crippen LogP contribution in [0.3, 0.4) is 0 Å². The molecule has 1 heterocycles. The van der Waals surface area contributed by atoms with Gasteiger partial charge in [0, 0.05) is 20.1 Å². The zero-order chi connectivity index (χ0) is 13.0. The Balaban J connectivity index is 3.17. The number of nitrogens with zero attached hydrogens (tertiary/aromatic N) is 1. The van der Waals surface area contributed by atoms with Gasteiger partial charge in [0.15, 0.2) is 5.75 Å². The van der Waals surface area contributed by atoms with E-state index >= 15 is 0 Å². The third kappa shape index (κ3) is 2.63. The number of nitrogens with two attached hydrogens (primary N) is 1. The van der Waals surface area contributed by atoms with E-state index in [0.717, 1.165) is 11.5 Å². The topological polar surface area (TPSA) is 67.6 Å². The summed E-state index contributed by atoms with van der Waals surface area (Å²) in [5.41, 5.74) is 6.35. The van der Waals surface area contributed by atoms with Gasteiger partial charge in [0.25, 0.3) is 5.91 Å². The van der Waals surface area contributed by atoms with Crippen LogP contribution in [0.25, 0.3) is 0 Å². The number of hydrogen-bond acceptors (Lipinski definition) is 5. The molecule has 1 rings (SSSR count). The molecule has 0 aromatic carbocycles. The van der Waals surface area contributed by atoms with Crippen LogP contribution in [0.2, 0.25) is 0 Å². The average molecular weight is 257 g/mol. The monoisotopic (exact) mass is 257 g/mol. The maximum atomic E-state index is 11.8. The van der Waals surface area contributed by atoms with Gasteiger partial charge in [-0.25, -0.2) is 0 Å². The Morgan fingerprint density at radius 1 is 1.53 bits per heavy atom. The smallest absolute Gasteiger partial charge is 0.263 e. The summed E-state index contributed by atoms with van der Waals surface area (Å²) in [6.07, 6.45) is 0. The highest BCUT2D eigenvalue weighted by atomic mass is 32.1. The van der Waals surface area contributed by atoms with Crippen LogP contribution in [-0.2, 0) is 0 Å². The van der Waals surface area contributed by atoms with Crippen LogP contribution in [0.5, 0.6) is 5.75 Å². The predicted octanol–water partition coefficient (Wildman–Crippen LogP) is 1.54. The molecule has 1 aromatic rings. The van der Waals surface area contributed by atoms with Crippen molar-refractivity contribution in [3.8, 4) is 5.75 Å². The van der Waals surface area contributed by atoms with Gasteiger partial charge in [-0.2, -0.15) is 0 Å². The Bertz CT molecular complexity index is 404. The molecule has 0 saturated heterocycles. The number of carbonyl (C=O) groups excluding carboxylic acids is 1. The third-order valence-corrected chi connectivity index (χ3v) is 3.75. The van der Waals surface area contributed by atoms with E-state index in [0.29, 0.717) is 22.9 Å². The third-order valence-electron chi connectivity index (χ3n) is 2.45. The number of thiophene rings is 1. The maximum absolute atomic E-state index is 11.8. The van der Waals surface area contributed by atoms with E-state index in [1.54, 1.807) is 7.11 Å². The molecule has 0 saturated carbocycles. The van der Waals surface area contributed by atoms with Crippen molar-refractivity contribution in [2.45, 2.75) is 13.8 Å². The lowest BCUT2D eigenvalue weighted by Gasteiger charge is -2.15. The van der Waals surface area contributed by atoms with E-state index < -0.39 is 0 Å². The van der Waals surface area contributed by atoms with Gasteiger partial charge in [0.05, 0.1) is 7.11 Å². The first-order valence-corrected chi connectivity index (χ1v) is 6.33. The molecule has 0 aliphatic carbocycles. The second kappa shape index (κ2) is 5.77. The molecule has 0 bridgehead atoms. The number of nitrogens with one attached hydrogen (secondary N) is 1. The van der Waals surface area contributed by atoms with Crippen molar-refractivity contribution >= 4 is 27.9 Å². The molecule has 1 amide bonds. The van der Waals surface area contributed by atoms with Gasteiger partial charge in [0.1, 0.15) is 15.6 Å². The average Bonchev–Trinajstić information content (AvgIpc) is 2.65. The molecule has 96 valence electrons. The van der Waals surface area contributed by atoms with Crippen molar-refractivity contribution in [1.29, 1.82) is 0 Å². The summed E-state index contributed by atoms with van der Waals surface area (Å²) >= 11 is 1.36. The SMILES string of the molecule is CCNC(=O)c1sc(N(C)CC)c(OC)c1N. The number of methoxy groups -OCH3 is 1. The Morgan fingerprint density at radius 3 is 2.65 bits per heavy atom. The number of carbonyl (C=O) groups is 1. The number of amides is 1. The molecule has 1 aromatic heterocycles. The van der Waals surface area contributed by atoms with Gasteiger partial charge in [0.2, 0.25) is 0 Å². The van der Waals surface area contributed by atoms with Crippen LogP contribution in [0.15, 0.2) is 0 Å². The van der Waals surface area contributed by atoms with Gasteiger partial charge in [-0.3, -0.25) is 4.79 Å². The second-order valence-electron chi connectivity index (χ2n) is 3.56. The molecule has 0 fully saturated rings. The van der Waals surface area contributed by atoms with E-state index in [-0.39, 0.29) is 5.91 Å². The number of anilines is 2. The molecular formula is C11H19N3O2S. The Labute approximate surface area is 106 Å². The minimum atomic E-state index is -0.149. The van der Waals surface area contributed by atoms with Crippen LogP contribution in [0.4, 0.5) is 10.7 Å². The summed E-state index contributed by atoms with van der Waals surface area (Å²) in [6.45, 7) is 5.31. The minimum Gasteiger partial charge on any atom is -0.492 e. The lowest BCUT2D eigenvalue weighted by molar-refractivity contribution is 0.0960. The van der Waals surface area contributed by atoms with Crippen molar-refractivity contribution in [1.82, 2.24) is 5.32 Å². The van der Waals surface area contributed by atoms with Crippen molar-refractivity contribution in [2.75, 3.05) is 37.9 Å². The predicted molar refractivity (Wildman–Crippen MR) is 72.2 cm³/mol. The fourth-order valence-electron chi connectivity index (χ4n) is 1.42. The van der Waals surface area contributed by atoms with E-state index in [2.05, 4.69) is 5.32 Å². The van der Waals surface area contributed by atoms with Crippen LogP contribution < -0.4 is 20.7 Å². The highest BCUT2D eigenvalue weighted by Crippen LogP contribution is 2.44. The molecule has 0 unspecified atom stereocenters. The first kappa shape index (κ1) is 13.6. The molecule has 3 N–H and O–H groups in total. The first-order valence-electron chi connectivity index (χ1n) is 5.52. The highest BCUT2D eigenvalue weighted by molar-refractivity contribution is 7.19. The number of nitrogen functional groups attached to an aromatic ring is 1. The fourth-order valence-corrected chi connectivity index (χ4v) is 2.55. The van der Waals surface area contributed by atoms with E-state index in [9.17, 15) is 4.79 Å². The van der Waals surface area contributed by atoms with Crippen molar-refractivity contribution < 1.29 is 9.53 Å². The van der Waals surface area contributed by atoms with Gasteiger partial charge in [-0.05, 0) is 13.8 Å². The zero-order valence-corrected chi connectivity index (χ0v) is 11.5. The number of hydrogen-bond donors (Lipinski definition) is 2. The maximum Gasteiger partial charge on any atom is 0.263 e. The largest absolute Gasteiger partial charge is 0.492 e. The minimum absolute atomic E-state index is 0.149. The Hall–Kier alpha value is -1.43. The van der Waals surface area contributed by atoms with Crippen LogP contribution in [0, 0.1) is 0 Å². The summed E-state index contributed by atoms with van der Waals surface area (Å²) in [7, 11) is 3.50. The molecule has 5 nitrogen and oxygen atoms in total. The van der Waals surface area contributed by atoms with Crippen molar-refractivity contribution in [3.63, 3.8) is 0 Å². The Kier molecular flexibility index (Phi) is 4.62. The molecule has 0 spiro atoms. The van der Waals surface area contributed by atoms with Crippen molar-refractivity contribution in [2.24, 2.45) is 0 Å². The van der Waals surface area contributed by atoms with E-state index in [4.69, 9.17) is 10.5 Å².